The second-order valence-electron chi connectivity index (χ2n) is 1.99. The van der Waals surface area contributed by atoms with Gasteiger partial charge in [0.2, 0.25) is 6.73 Å². The van der Waals surface area contributed by atoms with Crippen molar-refractivity contribution < 1.29 is 14.3 Å². The normalized spacial score (nSPS) is 31.9. The van der Waals surface area contributed by atoms with E-state index in [0.29, 0.717) is 0 Å². The van der Waals surface area contributed by atoms with Crippen LogP contribution in [0.25, 0.3) is 0 Å². The van der Waals surface area contributed by atoms with Crippen molar-refractivity contribution in [3.63, 3.8) is 0 Å². The third-order valence-electron chi connectivity index (χ3n) is 1.18. The maximum atomic E-state index is 11.1. The Balaban J connectivity index is 2.65. The van der Waals surface area contributed by atoms with Gasteiger partial charge in [0.25, 0.3) is 0 Å². The number of carbonyl (C=O) groups is 1. The highest BCUT2D eigenvalue weighted by molar-refractivity contribution is 5.66. The smallest absolute Gasteiger partial charge is 0.467 e. The van der Waals surface area contributed by atoms with Crippen LogP contribution in [0.15, 0.2) is 12.7 Å². The van der Waals surface area contributed by atoms with Crippen LogP contribution in [-0.4, -0.2) is 24.0 Å². The van der Waals surface area contributed by atoms with Gasteiger partial charge in [0, 0.05) is 0 Å². The van der Waals surface area contributed by atoms with E-state index in [2.05, 4.69) is 16.9 Å². The van der Waals surface area contributed by atoms with Gasteiger partial charge in [-0.2, -0.15) is 4.84 Å². The Hall–Kier alpha value is -0.910. The highest BCUT2D eigenvalue weighted by Gasteiger charge is 2.35. The molecule has 1 radical (unpaired) electrons. The number of hydroxylamine groups is 4. The molecule has 5 heteroatoms. The number of amides is 2. The molecule has 0 spiro atoms. The highest BCUT2D eigenvalue weighted by atomic mass is 16.8. The van der Waals surface area contributed by atoms with Gasteiger partial charge in [-0.05, 0) is 11.6 Å². The quantitative estimate of drug-likeness (QED) is 0.313. The van der Waals surface area contributed by atoms with Crippen molar-refractivity contribution in [3.8, 4) is 0 Å². The van der Waals surface area contributed by atoms with E-state index < -0.39 is 10.7 Å². The van der Waals surface area contributed by atoms with Gasteiger partial charge in [-0.1, -0.05) is 6.58 Å². The zero-order chi connectivity index (χ0) is 7.61. The van der Waals surface area contributed by atoms with Crippen LogP contribution in [0, 0.1) is 5.21 Å². The largest absolute Gasteiger partial charge is 0.622 e. The second-order valence-corrected chi connectivity index (χ2v) is 1.99. The lowest BCUT2D eigenvalue weighted by molar-refractivity contribution is -0.798. The lowest BCUT2D eigenvalue weighted by Crippen LogP contribution is -2.43. The molecule has 0 bridgehead atoms. The lowest BCUT2D eigenvalue weighted by atomic mass is 10.5. The molecule has 0 aromatic rings. The molecule has 0 saturated carbocycles. The van der Waals surface area contributed by atoms with Crippen LogP contribution in [0.2, 0.25) is 0 Å². The molecule has 1 aliphatic rings. The summed E-state index contributed by atoms with van der Waals surface area (Å²) < 4.78 is -1.07. The van der Waals surface area contributed by atoms with E-state index in [9.17, 15) is 10.0 Å². The van der Waals surface area contributed by atoms with Crippen LogP contribution in [0.3, 0.4) is 0 Å². The van der Waals surface area contributed by atoms with E-state index >= 15 is 0 Å². The van der Waals surface area contributed by atoms with Gasteiger partial charge in [-0.3, -0.25) is 0 Å². The Bertz CT molecular complexity index is 170. The van der Waals surface area contributed by atoms with Crippen molar-refractivity contribution in [2.75, 3.05) is 13.3 Å². The van der Waals surface area contributed by atoms with Crippen LogP contribution >= 0.6 is 0 Å². The van der Waals surface area contributed by atoms with Crippen LogP contribution in [0.5, 0.6) is 0 Å². The minimum atomic E-state index is -1.07. The predicted octanol–water partition coefficient (Wildman–Crippen LogP) is 0.114. The molecule has 1 unspecified atom stereocenters. The van der Waals surface area contributed by atoms with E-state index in [4.69, 9.17) is 0 Å². The third-order valence-corrected chi connectivity index (χ3v) is 1.18. The van der Waals surface area contributed by atoms with Gasteiger partial charge in [0.05, 0.1) is 0 Å². The van der Waals surface area contributed by atoms with E-state index in [0.717, 1.165) is 0 Å². The number of hydrogen-bond acceptors (Lipinski definition) is 3. The Kier molecular flexibility index (Phi) is 1.71. The zero-order valence-electron chi connectivity index (χ0n) is 5.32. The Morgan fingerprint density at radius 3 is 3.10 bits per heavy atom. The molecule has 1 saturated heterocycles. The standard InChI is InChI=1S/C5H7N2O3/c1-2-3-7(9)4-10-6-5(7)8/h2H,1,3-4H2. The zero-order valence-corrected chi connectivity index (χ0v) is 5.32. The topological polar surface area (TPSA) is 63.5 Å². The number of carbonyl (C=O) groups excluding carboxylic acids is 1. The fourth-order valence-electron chi connectivity index (χ4n) is 0.646. The summed E-state index contributed by atoms with van der Waals surface area (Å²) in [6, 6.07) is -0.792. The summed E-state index contributed by atoms with van der Waals surface area (Å²) in [5.74, 6) is 0. The molecule has 1 rings (SSSR count). The molecule has 1 atom stereocenters. The molecular weight excluding hydrogens is 136 g/mol. The summed E-state index contributed by atoms with van der Waals surface area (Å²) in [5, 5.41) is 11.1. The van der Waals surface area contributed by atoms with Crippen molar-refractivity contribution in [2.24, 2.45) is 0 Å². The first-order chi connectivity index (χ1) is 4.69. The molecule has 5 nitrogen and oxygen atoms in total. The predicted molar refractivity (Wildman–Crippen MR) is 32.2 cm³/mol. The van der Waals surface area contributed by atoms with E-state index in [1.54, 1.807) is 0 Å². The minimum absolute atomic E-state index is 0.0162. The molecule has 1 fully saturated rings. The van der Waals surface area contributed by atoms with Gasteiger partial charge in [-0.25, -0.2) is 9.44 Å². The molecule has 1 heterocycles. The fraction of sp³-hybridized carbons (Fsp3) is 0.400. The summed E-state index contributed by atoms with van der Waals surface area (Å²) in [6.45, 7) is 3.12. The lowest BCUT2D eigenvalue weighted by Gasteiger charge is -2.28. The average Bonchev–Trinajstić information content (AvgIpc) is 2.15. The second kappa shape index (κ2) is 2.37. The maximum absolute atomic E-state index is 11.1. The number of quaternary nitrogens is 1. The summed E-state index contributed by atoms with van der Waals surface area (Å²) in [7, 11) is 0. The van der Waals surface area contributed by atoms with Gasteiger partial charge in [0.1, 0.15) is 6.54 Å². The summed E-state index contributed by atoms with van der Waals surface area (Å²) in [4.78, 5) is 14.9. The number of nitrogens with zero attached hydrogens (tertiary/aromatic N) is 2. The molecule has 0 aromatic heterocycles. The van der Waals surface area contributed by atoms with Crippen molar-refractivity contribution in [1.29, 1.82) is 0 Å². The van der Waals surface area contributed by atoms with Crippen molar-refractivity contribution in [3.05, 3.63) is 17.9 Å². The van der Waals surface area contributed by atoms with Crippen molar-refractivity contribution in [2.45, 2.75) is 0 Å². The van der Waals surface area contributed by atoms with E-state index in [-0.39, 0.29) is 13.3 Å². The molecule has 55 valence electrons. The number of rotatable bonds is 2. The van der Waals surface area contributed by atoms with Gasteiger partial charge in [0.15, 0.2) is 0 Å². The van der Waals surface area contributed by atoms with Crippen molar-refractivity contribution in [1.82, 2.24) is 5.48 Å². The minimum Gasteiger partial charge on any atom is -0.622 e. The first-order valence-electron chi connectivity index (χ1n) is 2.75. The van der Waals surface area contributed by atoms with Crippen LogP contribution in [0.1, 0.15) is 0 Å². The Labute approximate surface area is 58.0 Å². The molecular formula is C5H7N2O3. The van der Waals surface area contributed by atoms with E-state index in [1.165, 1.54) is 6.08 Å². The third kappa shape index (κ3) is 1.02. The van der Waals surface area contributed by atoms with E-state index in [1.807, 2.05) is 0 Å². The summed E-state index contributed by atoms with van der Waals surface area (Å²) in [6.07, 6.45) is 1.37. The highest BCUT2D eigenvalue weighted by Crippen LogP contribution is 2.11. The molecule has 0 aromatic carbocycles. The molecule has 2 amide bonds. The molecule has 10 heavy (non-hydrogen) atoms. The Morgan fingerprint density at radius 2 is 2.70 bits per heavy atom. The number of urea groups is 1. The SMILES string of the molecule is C=CC[N+]1([O-])CO[N]C1=O. The molecule has 0 aliphatic carbocycles. The Morgan fingerprint density at radius 1 is 2.00 bits per heavy atom. The summed E-state index contributed by atoms with van der Waals surface area (Å²) >= 11 is 0. The average molecular weight is 143 g/mol. The number of hydrogen-bond donors (Lipinski definition) is 0. The van der Waals surface area contributed by atoms with Crippen LogP contribution < -0.4 is 5.48 Å². The van der Waals surface area contributed by atoms with Crippen LogP contribution in [0.4, 0.5) is 4.79 Å². The molecule has 0 N–H and O–H groups in total. The maximum Gasteiger partial charge on any atom is 0.467 e. The first kappa shape index (κ1) is 7.20. The van der Waals surface area contributed by atoms with Gasteiger partial charge < -0.3 is 5.21 Å². The first-order valence-corrected chi connectivity index (χ1v) is 2.75. The van der Waals surface area contributed by atoms with Crippen LogP contribution in [-0.2, 0) is 4.84 Å². The van der Waals surface area contributed by atoms with Crippen molar-refractivity contribution >= 4 is 6.03 Å². The summed E-state index contributed by atoms with van der Waals surface area (Å²) in [5.41, 5.74) is 2.98. The fourth-order valence-corrected chi connectivity index (χ4v) is 0.646. The van der Waals surface area contributed by atoms with Gasteiger partial charge >= 0.3 is 6.03 Å². The molecule has 1 aliphatic heterocycles. The van der Waals surface area contributed by atoms with Gasteiger partial charge in [-0.15, -0.1) is 0 Å². The monoisotopic (exact) mass is 143 g/mol.